The lowest BCUT2D eigenvalue weighted by Crippen LogP contribution is -2.42. The summed E-state index contributed by atoms with van der Waals surface area (Å²) >= 11 is 11.7. The van der Waals surface area contributed by atoms with Gasteiger partial charge in [0.2, 0.25) is 0 Å². The average molecular weight is 410 g/mol. The monoisotopic (exact) mass is 409 g/mol. The minimum Gasteiger partial charge on any atom is -0.451 e. The first-order valence-electron chi connectivity index (χ1n) is 7.96. The van der Waals surface area contributed by atoms with Crippen molar-refractivity contribution in [3.8, 4) is 0 Å². The third-order valence-corrected chi connectivity index (χ3v) is 3.94. The van der Waals surface area contributed by atoms with Gasteiger partial charge in [0.15, 0.2) is 11.9 Å². The molecule has 0 saturated heterocycles. The Morgan fingerprint density at radius 2 is 1.78 bits per heavy atom. The minimum atomic E-state index is -1.12. The van der Waals surface area contributed by atoms with Crippen molar-refractivity contribution >= 4 is 46.8 Å². The third kappa shape index (κ3) is 5.94. The van der Waals surface area contributed by atoms with Crippen LogP contribution in [0.25, 0.3) is 0 Å². The number of nitrogens with zero attached hydrogens (tertiary/aromatic N) is 1. The Labute approximate surface area is 166 Å². The second-order valence-electron chi connectivity index (χ2n) is 5.61. The minimum absolute atomic E-state index is 0.0967. The van der Waals surface area contributed by atoms with Crippen molar-refractivity contribution in [1.29, 1.82) is 0 Å². The molecule has 0 fully saturated rings. The molecule has 2 aromatic rings. The molecule has 0 unspecified atom stereocenters. The number of carbonyl (C=O) groups is 3. The molecule has 0 aliphatic rings. The van der Waals surface area contributed by atoms with Crippen LogP contribution in [0.4, 0.5) is 5.82 Å². The van der Waals surface area contributed by atoms with Crippen molar-refractivity contribution < 1.29 is 19.1 Å². The molecular formula is C18H17Cl2N3O4. The van der Waals surface area contributed by atoms with E-state index in [0.717, 1.165) is 0 Å². The number of nitrogens with one attached hydrogen (secondary N) is 2. The van der Waals surface area contributed by atoms with E-state index in [-0.39, 0.29) is 10.8 Å². The molecule has 1 heterocycles. The number of hydrogen-bond donors (Lipinski definition) is 2. The van der Waals surface area contributed by atoms with Gasteiger partial charge in [-0.1, -0.05) is 41.4 Å². The van der Waals surface area contributed by atoms with Crippen LogP contribution in [0.5, 0.6) is 0 Å². The third-order valence-electron chi connectivity index (χ3n) is 3.45. The highest BCUT2D eigenvalue weighted by Gasteiger charge is 2.24. The predicted molar refractivity (Wildman–Crippen MR) is 102 cm³/mol. The Morgan fingerprint density at radius 1 is 1.11 bits per heavy atom. The van der Waals surface area contributed by atoms with E-state index in [2.05, 4.69) is 15.6 Å². The van der Waals surface area contributed by atoms with Crippen LogP contribution in [-0.4, -0.2) is 34.9 Å². The van der Waals surface area contributed by atoms with E-state index in [9.17, 15) is 14.4 Å². The second-order valence-corrected chi connectivity index (χ2v) is 6.46. The summed E-state index contributed by atoms with van der Waals surface area (Å²) < 4.78 is 5.08. The number of esters is 1. The maximum atomic E-state index is 12.1. The fourth-order valence-electron chi connectivity index (χ4n) is 1.98. The molecule has 0 spiro atoms. The molecule has 0 radical (unpaired) electrons. The lowest BCUT2D eigenvalue weighted by atomic mass is 10.2. The van der Waals surface area contributed by atoms with Gasteiger partial charge in [-0.25, -0.2) is 9.78 Å². The molecule has 1 aromatic carbocycles. The van der Waals surface area contributed by atoms with E-state index in [0.29, 0.717) is 10.6 Å². The van der Waals surface area contributed by atoms with Gasteiger partial charge in [0, 0.05) is 11.8 Å². The summed E-state index contributed by atoms with van der Waals surface area (Å²) in [5.41, 5.74) is 0.409. The normalized spacial score (nSPS) is 12.6. The number of anilines is 1. The van der Waals surface area contributed by atoms with E-state index < -0.39 is 29.9 Å². The molecule has 1 aromatic heterocycles. The van der Waals surface area contributed by atoms with Crippen LogP contribution in [0.3, 0.4) is 0 Å². The Balaban J connectivity index is 1.89. The van der Waals surface area contributed by atoms with E-state index in [4.69, 9.17) is 27.9 Å². The first-order valence-corrected chi connectivity index (χ1v) is 8.72. The van der Waals surface area contributed by atoms with Gasteiger partial charge in [-0.05, 0) is 32.0 Å². The number of carbonyl (C=O) groups excluding carboxylic acids is 3. The van der Waals surface area contributed by atoms with E-state index in [1.54, 1.807) is 30.3 Å². The van der Waals surface area contributed by atoms with E-state index >= 15 is 0 Å². The molecule has 0 saturated carbocycles. The fourth-order valence-corrected chi connectivity index (χ4v) is 2.41. The molecule has 2 amide bonds. The lowest BCUT2D eigenvalue weighted by Gasteiger charge is -2.17. The largest absolute Gasteiger partial charge is 0.451 e. The van der Waals surface area contributed by atoms with Gasteiger partial charge in [-0.15, -0.1) is 0 Å². The highest BCUT2D eigenvalue weighted by molar-refractivity contribution is 6.36. The number of rotatable bonds is 6. The van der Waals surface area contributed by atoms with E-state index in [1.165, 1.54) is 26.1 Å². The first-order chi connectivity index (χ1) is 12.8. The van der Waals surface area contributed by atoms with Crippen LogP contribution < -0.4 is 10.6 Å². The number of aromatic nitrogens is 1. The van der Waals surface area contributed by atoms with Crippen molar-refractivity contribution in [3.63, 3.8) is 0 Å². The van der Waals surface area contributed by atoms with Crippen LogP contribution >= 0.6 is 23.2 Å². The highest BCUT2D eigenvalue weighted by atomic mass is 35.5. The molecule has 2 N–H and O–H groups in total. The molecule has 0 aliphatic heterocycles. The van der Waals surface area contributed by atoms with Crippen molar-refractivity contribution in [2.24, 2.45) is 0 Å². The number of amides is 2. The van der Waals surface area contributed by atoms with E-state index in [1.807, 2.05) is 0 Å². The Morgan fingerprint density at radius 3 is 2.41 bits per heavy atom. The molecule has 27 heavy (non-hydrogen) atoms. The zero-order chi connectivity index (χ0) is 20.0. The van der Waals surface area contributed by atoms with Crippen LogP contribution in [0, 0.1) is 0 Å². The number of benzene rings is 1. The van der Waals surface area contributed by atoms with Crippen LogP contribution in [-0.2, 0) is 14.3 Å². The molecule has 2 rings (SSSR count). The SMILES string of the molecule is C[C@H](NC(=O)c1ccccc1)C(=O)O[C@H](C)C(=O)Nc1ncc(Cl)cc1Cl. The molecular weight excluding hydrogens is 393 g/mol. The predicted octanol–water partition coefficient (Wildman–Crippen LogP) is 3.08. The summed E-state index contributed by atoms with van der Waals surface area (Å²) in [6, 6.07) is 8.91. The van der Waals surface area contributed by atoms with Crippen molar-refractivity contribution in [2.45, 2.75) is 26.0 Å². The zero-order valence-electron chi connectivity index (χ0n) is 14.5. The van der Waals surface area contributed by atoms with Gasteiger partial charge in [0.25, 0.3) is 11.8 Å². The van der Waals surface area contributed by atoms with Gasteiger partial charge in [-0.3, -0.25) is 9.59 Å². The standard InChI is InChI=1S/C18H17Cl2N3O4/c1-10(22-17(25)12-6-4-3-5-7-12)18(26)27-11(2)16(24)23-15-14(20)8-13(19)9-21-15/h3-11H,1-2H3,(H,22,25)(H,21,23,24)/t10-,11+/m0/s1. The van der Waals surface area contributed by atoms with Gasteiger partial charge in [0.1, 0.15) is 6.04 Å². The van der Waals surface area contributed by atoms with Crippen LogP contribution in [0.15, 0.2) is 42.6 Å². The Bertz CT molecular complexity index is 846. The Hall–Kier alpha value is -2.64. The van der Waals surface area contributed by atoms with Gasteiger partial charge in [0.05, 0.1) is 10.0 Å². The number of pyridine rings is 1. The fraction of sp³-hybridized carbons (Fsp3) is 0.222. The Kier molecular flexibility index (Phi) is 7.15. The second kappa shape index (κ2) is 9.34. The summed E-state index contributed by atoms with van der Waals surface area (Å²) in [6.07, 6.45) is 0.197. The topological polar surface area (TPSA) is 97.4 Å². The first kappa shape index (κ1) is 20.7. The quantitative estimate of drug-likeness (QED) is 0.714. The molecule has 0 aliphatic carbocycles. The number of halogens is 2. The van der Waals surface area contributed by atoms with Gasteiger partial charge < -0.3 is 15.4 Å². The summed E-state index contributed by atoms with van der Waals surface area (Å²) in [5.74, 6) is -1.70. The van der Waals surface area contributed by atoms with Crippen molar-refractivity contribution in [2.75, 3.05) is 5.32 Å². The summed E-state index contributed by atoms with van der Waals surface area (Å²) in [7, 11) is 0. The average Bonchev–Trinajstić information content (AvgIpc) is 2.64. The summed E-state index contributed by atoms with van der Waals surface area (Å²) in [6.45, 7) is 2.86. The number of hydrogen-bond acceptors (Lipinski definition) is 5. The molecule has 142 valence electrons. The lowest BCUT2D eigenvalue weighted by molar-refractivity contribution is -0.154. The van der Waals surface area contributed by atoms with Gasteiger partial charge >= 0.3 is 5.97 Å². The molecule has 2 atom stereocenters. The maximum Gasteiger partial charge on any atom is 0.329 e. The van der Waals surface area contributed by atoms with Crippen molar-refractivity contribution in [3.05, 3.63) is 58.2 Å². The summed E-state index contributed by atoms with van der Waals surface area (Å²) in [4.78, 5) is 40.2. The molecule has 9 heteroatoms. The van der Waals surface area contributed by atoms with Crippen LogP contribution in [0.1, 0.15) is 24.2 Å². The zero-order valence-corrected chi connectivity index (χ0v) is 16.0. The smallest absolute Gasteiger partial charge is 0.329 e. The highest BCUT2D eigenvalue weighted by Crippen LogP contribution is 2.22. The maximum absolute atomic E-state index is 12.1. The van der Waals surface area contributed by atoms with Gasteiger partial charge in [-0.2, -0.15) is 0 Å². The van der Waals surface area contributed by atoms with Crippen molar-refractivity contribution in [1.82, 2.24) is 10.3 Å². The van der Waals surface area contributed by atoms with Crippen LogP contribution in [0.2, 0.25) is 10.0 Å². The number of ether oxygens (including phenoxy) is 1. The molecule has 7 nitrogen and oxygen atoms in total. The summed E-state index contributed by atoms with van der Waals surface area (Å²) in [5, 5.41) is 5.43. The molecule has 0 bridgehead atoms.